The van der Waals surface area contributed by atoms with Crippen molar-refractivity contribution in [3.8, 4) is 33.6 Å². The van der Waals surface area contributed by atoms with E-state index in [4.69, 9.17) is 5.73 Å². The van der Waals surface area contributed by atoms with Crippen LogP contribution in [0, 0.1) is 5.82 Å². The van der Waals surface area contributed by atoms with Gasteiger partial charge in [-0.25, -0.2) is 9.37 Å². The molecule has 0 aliphatic rings. The fourth-order valence-corrected chi connectivity index (χ4v) is 3.80. The zero-order valence-electron chi connectivity index (χ0n) is 18.5. The van der Waals surface area contributed by atoms with Gasteiger partial charge in [0.05, 0.1) is 17.1 Å². The number of anilines is 3. The molecule has 1 aromatic heterocycles. The average Bonchev–Trinajstić information content (AvgIpc) is 3.34. The van der Waals surface area contributed by atoms with Crippen LogP contribution in [0.4, 0.5) is 21.5 Å². The molecule has 0 saturated carbocycles. The van der Waals surface area contributed by atoms with E-state index in [1.165, 1.54) is 6.07 Å². The largest absolute Gasteiger partial charge is 0.386 e. The van der Waals surface area contributed by atoms with E-state index in [1.807, 2.05) is 57.5 Å². The Morgan fingerprint density at radius 3 is 2.12 bits per heavy atom. The summed E-state index contributed by atoms with van der Waals surface area (Å²) in [5.41, 5.74) is 11.4. The molecule has 0 spiro atoms. The molecule has 168 valence electrons. The van der Waals surface area contributed by atoms with Gasteiger partial charge in [-0.05, 0) is 47.0 Å². The van der Waals surface area contributed by atoms with Crippen molar-refractivity contribution in [1.82, 2.24) is 15.2 Å². The third-order valence-electron chi connectivity index (χ3n) is 5.40. The van der Waals surface area contributed by atoms with E-state index in [-0.39, 0.29) is 17.5 Å². The molecule has 0 saturated heterocycles. The van der Waals surface area contributed by atoms with Crippen LogP contribution < -0.4 is 21.7 Å². The number of carbonyl (C=O) groups excluding carboxylic acids is 1. The maximum atomic E-state index is 15.1. The summed E-state index contributed by atoms with van der Waals surface area (Å²) in [5, 5.41) is 16.2. The van der Waals surface area contributed by atoms with Gasteiger partial charge in [0.2, 0.25) is 5.82 Å². The van der Waals surface area contributed by atoms with Gasteiger partial charge in [0, 0.05) is 32.3 Å². The Morgan fingerprint density at radius 1 is 0.879 bits per heavy atom. The first kappa shape index (κ1) is 21.8. The lowest BCUT2D eigenvalue weighted by atomic mass is 9.92. The van der Waals surface area contributed by atoms with E-state index in [9.17, 15) is 4.79 Å². The van der Waals surface area contributed by atoms with E-state index >= 15 is 4.39 Å². The topological polar surface area (TPSA) is 121 Å². The van der Waals surface area contributed by atoms with Gasteiger partial charge < -0.3 is 21.7 Å². The van der Waals surface area contributed by atoms with E-state index in [1.54, 1.807) is 12.1 Å². The number of rotatable bonds is 7. The Hall–Kier alpha value is -4.40. The first-order valence-corrected chi connectivity index (χ1v) is 10.3. The summed E-state index contributed by atoms with van der Waals surface area (Å²) in [6, 6.07) is 16.2. The zero-order valence-corrected chi connectivity index (χ0v) is 18.5. The number of aromatic amines is 1. The van der Waals surface area contributed by atoms with Crippen LogP contribution in [-0.2, 0) is 0 Å². The number of aromatic nitrogens is 3. The van der Waals surface area contributed by atoms with Gasteiger partial charge in [0.15, 0.2) is 5.82 Å². The fourth-order valence-electron chi connectivity index (χ4n) is 3.80. The van der Waals surface area contributed by atoms with Gasteiger partial charge in [-0.1, -0.05) is 24.3 Å². The molecule has 0 bridgehead atoms. The summed E-state index contributed by atoms with van der Waals surface area (Å²) < 4.78 is 15.1. The third kappa shape index (κ3) is 4.08. The van der Waals surface area contributed by atoms with Crippen molar-refractivity contribution >= 4 is 23.0 Å². The molecule has 4 aromatic rings. The van der Waals surface area contributed by atoms with Crippen molar-refractivity contribution in [2.45, 2.75) is 0 Å². The van der Waals surface area contributed by atoms with Crippen molar-refractivity contribution in [2.24, 2.45) is 5.73 Å². The van der Waals surface area contributed by atoms with Crippen molar-refractivity contribution in [2.75, 3.05) is 37.1 Å². The number of nitrogens with one attached hydrogen (secondary N) is 4. The molecule has 8 nitrogen and oxygen atoms in total. The van der Waals surface area contributed by atoms with E-state index in [2.05, 4.69) is 31.1 Å². The fraction of sp³-hybridized carbons (Fsp3) is 0.125. The summed E-state index contributed by atoms with van der Waals surface area (Å²) in [7, 11) is 5.57. The van der Waals surface area contributed by atoms with Gasteiger partial charge in [-0.2, -0.15) is 5.10 Å². The molecule has 1 amide bonds. The number of amides is 1. The molecule has 0 aliphatic carbocycles. The van der Waals surface area contributed by atoms with Gasteiger partial charge in [0.25, 0.3) is 5.91 Å². The highest BCUT2D eigenvalue weighted by molar-refractivity contribution is 5.93. The molecule has 0 fully saturated rings. The quantitative estimate of drug-likeness (QED) is 0.291. The second-order valence-electron chi connectivity index (χ2n) is 7.31. The van der Waals surface area contributed by atoms with E-state index in [0.717, 1.165) is 28.2 Å². The van der Waals surface area contributed by atoms with Gasteiger partial charge in [-0.3, -0.25) is 9.89 Å². The number of nitrogens with two attached hydrogens (primary N) is 1. The SMILES string of the molecule is CNc1cc(-c2ccccc2-c2cc(-c3n[nH]c(C(N)=O)n3)ccc2F)cc(NC)c1NC. The number of benzene rings is 3. The predicted octanol–water partition coefficient (Wildman–Crippen LogP) is 4.17. The summed E-state index contributed by atoms with van der Waals surface area (Å²) in [6.45, 7) is 0. The minimum absolute atomic E-state index is 0.0555. The number of primary amides is 1. The summed E-state index contributed by atoms with van der Waals surface area (Å²) in [5.74, 6) is -0.894. The highest BCUT2D eigenvalue weighted by Gasteiger charge is 2.17. The average molecular weight is 446 g/mol. The van der Waals surface area contributed by atoms with Crippen LogP contribution in [0.2, 0.25) is 0 Å². The number of H-pyrrole nitrogens is 1. The molecule has 9 heteroatoms. The maximum absolute atomic E-state index is 15.1. The lowest BCUT2D eigenvalue weighted by Crippen LogP contribution is -2.12. The number of carbonyl (C=O) groups is 1. The van der Waals surface area contributed by atoms with Crippen LogP contribution in [0.15, 0.2) is 54.6 Å². The summed E-state index contributed by atoms with van der Waals surface area (Å²) in [4.78, 5) is 15.5. The third-order valence-corrected chi connectivity index (χ3v) is 5.40. The lowest BCUT2D eigenvalue weighted by molar-refractivity contribution is 0.0991. The van der Waals surface area contributed by atoms with E-state index in [0.29, 0.717) is 16.7 Å². The molecule has 0 unspecified atom stereocenters. The normalized spacial score (nSPS) is 10.7. The molecule has 3 aromatic carbocycles. The standard InChI is InChI=1S/C24H24FN7O/c1-27-19-11-14(12-20(28-2)21(19)29-3)15-6-4-5-7-16(15)17-10-13(8-9-18(17)25)23-30-24(22(26)33)32-31-23/h4-12,27-29H,1-3H3,(H2,26,33)(H,30,31,32). The van der Waals surface area contributed by atoms with Crippen LogP contribution in [0.1, 0.15) is 10.6 Å². The molecule has 0 aliphatic heterocycles. The number of hydrogen-bond acceptors (Lipinski definition) is 6. The maximum Gasteiger partial charge on any atom is 0.286 e. The van der Waals surface area contributed by atoms with E-state index < -0.39 is 5.91 Å². The molecule has 1 heterocycles. The van der Waals surface area contributed by atoms with Gasteiger partial charge in [-0.15, -0.1) is 0 Å². The second kappa shape index (κ2) is 8.99. The van der Waals surface area contributed by atoms with Crippen molar-refractivity contribution in [3.05, 3.63) is 66.2 Å². The zero-order chi connectivity index (χ0) is 23.5. The highest BCUT2D eigenvalue weighted by atomic mass is 19.1. The van der Waals surface area contributed by atoms with Crippen molar-refractivity contribution in [3.63, 3.8) is 0 Å². The first-order chi connectivity index (χ1) is 16.0. The second-order valence-corrected chi connectivity index (χ2v) is 7.31. The predicted molar refractivity (Wildman–Crippen MR) is 130 cm³/mol. The number of hydrogen-bond donors (Lipinski definition) is 5. The minimum atomic E-state index is -0.716. The minimum Gasteiger partial charge on any atom is -0.386 e. The van der Waals surface area contributed by atoms with Crippen LogP contribution in [0.25, 0.3) is 33.6 Å². The summed E-state index contributed by atoms with van der Waals surface area (Å²) in [6.07, 6.45) is 0. The Bertz CT molecular complexity index is 1310. The Labute approximate surface area is 190 Å². The van der Waals surface area contributed by atoms with Gasteiger partial charge >= 0.3 is 0 Å². The molecule has 33 heavy (non-hydrogen) atoms. The molecule has 0 atom stereocenters. The molecule has 4 rings (SSSR count). The molecule has 6 N–H and O–H groups in total. The van der Waals surface area contributed by atoms with Crippen LogP contribution in [0.3, 0.4) is 0 Å². The van der Waals surface area contributed by atoms with Crippen LogP contribution >= 0.6 is 0 Å². The molecular formula is C24H24FN7O. The summed E-state index contributed by atoms with van der Waals surface area (Å²) >= 11 is 0. The van der Waals surface area contributed by atoms with Crippen molar-refractivity contribution in [1.29, 1.82) is 0 Å². The molecular weight excluding hydrogens is 421 g/mol. The van der Waals surface area contributed by atoms with Crippen molar-refractivity contribution < 1.29 is 9.18 Å². The smallest absolute Gasteiger partial charge is 0.286 e. The Balaban J connectivity index is 1.87. The lowest BCUT2D eigenvalue weighted by Gasteiger charge is -2.18. The Morgan fingerprint density at radius 2 is 1.55 bits per heavy atom. The van der Waals surface area contributed by atoms with Crippen LogP contribution in [-0.4, -0.2) is 42.2 Å². The number of nitrogens with zero attached hydrogens (tertiary/aromatic N) is 2. The first-order valence-electron chi connectivity index (χ1n) is 10.3. The monoisotopic (exact) mass is 445 g/mol. The molecule has 0 radical (unpaired) electrons. The van der Waals surface area contributed by atoms with Crippen LogP contribution in [0.5, 0.6) is 0 Å². The number of halogens is 1. The Kier molecular flexibility index (Phi) is 5.95. The van der Waals surface area contributed by atoms with Gasteiger partial charge in [0.1, 0.15) is 5.82 Å². The highest BCUT2D eigenvalue weighted by Crippen LogP contribution is 2.40.